The first-order valence-corrected chi connectivity index (χ1v) is 6.32. The van der Waals surface area contributed by atoms with E-state index in [0.717, 1.165) is 4.58 Å². The van der Waals surface area contributed by atoms with Crippen LogP contribution in [0.1, 0.15) is 6.92 Å². The van der Waals surface area contributed by atoms with Gasteiger partial charge in [0.05, 0.1) is 4.58 Å². The Morgan fingerprint density at radius 2 is 2.17 bits per heavy atom. The lowest BCUT2D eigenvalue weighted by Crippen LogP contribution is -1.77. The highest BCUT2D eigenvalue weighted by molar-refractivity contribution is 14.2. The zero-order valence-corrected chi connectivity index (χ0v) is 7.56. The van der Waals surface area contributed by atoms with Crippen LogP contribution in [0.25, 0.3) is 0 Å². The zero-order valence-electron chi connectivity index (χ0n) is 3.77. The molecular formula is C3H7IS2. The Hall–Kier alpha value is 1.43. The summed E-state index contributed by atoms with van der Waals surface area (Å²) in [5.74, 6) is 0. The van der Waals surface area contributed by atoms with E-state index in [0.29, 0.717) is 0 Å². The van der Waals surface area contributed by atoms with Gasteiger partial charge in [0.15, 0.2) is 0 Å². The van der Waals surface area contributed by atoms with Crippen LogP contribution in [0.2, 0.25) is 0 Å². The molecule has 0 nitrogen and oxygen atoms in total. The van der Waals surface area contributed by atoms with Gasteiger partial charge in [0.2, 0.25) is 0 Å². The Morgan fingerprint density at radius 3 is 2.17 bits per heavy atom. The fraction of sp³-hybridized carbons (Fsp3) is 1.00. The van der Waals surface area contributed by atoms with Crippen molar-refractivity contribution in [2.75, 3.05) is 6.26 Å². The Bertz CT molecular complexity index is 28.0. The van der Waals surface area contributed by atoms with Gasteiger partial charge in [-0.1, -0.05) is 8.93 Å². The highest BCUT2D eigenvalue weighted by Gasteiger charge is 1.91. The van der Waals surface area contributed by atoms with Gasteiger partial charge in [-0.05, 0) is 34.4 Å². The second-order valence-corrected chi connectivity index (χ2v) is 4.78. The van der Waals surface area contributed by atoms with Gasteiger partial charge < -0.3 is 0 Å². The van der Waals surface area contributed by atoms with Crippen molar-refractivity contribution in [1.29, 1.82) is 0 Å². The maximum absolute atomic E-state index is 2.31. The summed E-state index contributed by atoms with van der Waals surface area (Å²) >= 11 is 4.19. The molecule has 1 atom stereocenters. The summed E-state index contributed by atoms with van der Waals surface area (Å²) in [6, 6.07) is 0. The summed E-state index contributed by atoms with van der Waals surface area (Å²) in [7, 11) is 1.86. The Morgan fingerprint density at radius 1 is 1.67 bits per heavy atom. The fourth-order valence-corrected chi connectivity index (χ4v) is 2.20. The van der Waals surface area contributed by atoms with Crippen molar-refractivity contribution in [1.82, 2.24) is 0 Å². The molecule has 0 saturated carbocycles. The summed E-state index contributed by atoms with van der Waals surface area (Å²) in [5.41, 5.74) is 0. The fourth-order valence-electron chi connectivity index (χ4n) is 0.0364. The van der Waals surface area contributed by atoms with E-state index in [-0.39, 0.29) is 0 Å². The maximum Gasteiger partial charge on any atom is 0.0571 e. The SMILES string of the molecule is CSC(C)SI. The topological polar surface area (TPSA) is 0 Å². The van der Waals surface area contributed by atoms with Crippen molar-refractivity contribution >= 4 is 41.9 Å². The van der Waals surface area contributed by atoms with Gasteiger partial charge in [-0.25, -0.2) is 0 Å². The lowest BCUT2D eigenvalue weighted by molar-refractivity contribution is 1.44. The normalized spacial score (nSPS) is 14.5. The minimum Gasteiger partial charge on any atom is -0.151 e. The maximum atomic E-state index is 2.31. The lowest BCUT2D eigenvalue weighted by atomic mass is 11.0. The van der Waals surface area contributed by atoms with Crippen LogP contribution in [0.15, 0.2) is 0 Å². The Labute approximate surface area is 59.4 Å². The molecule has 0 amide bonds. The van der Waals surface area contributed by atoms with Crippen LogP contribution in [-0.4, -0.2) is 10.8 Å². The third-order valence-corrected chi connectivity index (χ3v) is 5.56. The number of halogens is 1. The van der Waals surface area contributed by atoms with Crippen LogP contribution in [-0.2, 0) is 0 Å². The second kappa shape index (κ2) is 4.59. The van der Waals surface area contributed by atoms with Crippen LogP contribution in [0.5, 0.6) is 0 Å². The van der Waals surface area contributed by atoms with E-state index >= 15 is 0 Å². The monoisotopic (exact) mass is 234 g/mol. The van der Waals surface area contributed by atoms with Crippen molar-refractivity contribution < 1.29 is 0 Å². The van der Waals surface area contributed by atoms with Crippen molar-refractivity contribution in [3.05, 3.63) is 0 Å². The van der Waals surface area contributed by atoms with Gasteiger partial charge in [0, 0.05) is 0 Å². The van der Waals surface area contributed by atoms with E-state index in [4.69, 9.17) is 0 Å². The number of rotatable bonds is 2. The summed E-state index contributed by atoms with van der Waals surface area (Å²) in [6.07, 6.45) is 2.12. The van der Waals surface area contributed by atoms with Crippen LogP contribution >= 0.6 is 41.9 Å². The molecule has 6 heavy (non-hydrogen) atoms. The molecule has 0 bridgehead atoms. The van der Waals surface area contributed by atoms with E-state index in [9.17, 15) is 0 Å². The molecule has 0 radical (unpaired) electrons. The van der Waals surface area contributed by atoms with Crippen molar-refractivity contribution in [2.45, 2.75) is 11.5 Å². The Balaban J connectivity index is 2.75. The zero-order chi connectivity index (χ0) is 4.99. The lowest BCUT2D eigenvalue weighted by Gasteiger charge is -1.96. The first-order valence-electron chi connectivity index (χ1n) is 1.61. The summed E-state index contributed by atoms with van der Waals surface area (Å²) in [4.78, 5) is 0. The van der Waals surface area contributed by atoms with Gasteiger partial charge in [-0.2, -0.15) is 11.8 Å². The van der Waals surface area contributed by atoms with Gasteiger partial charge in [0.1, 0.15) is 0 Å². The average Bonchev–Trinajstić information content (AvgIpc) is 1.65. The highest BCUT2D eigenvalue weighted by Crippen LogP contribution is 2.25. The van der Waals surface area contributed by atoms with Gasteiger partial charge in [-0.3, -0.25) is 0 Å². The molecule has 0 saturated heterocycles. The molecule has 0 heterocycles. The van der Waals surface area contributed by atoms with Crippen molar-refractivity contribution in [3.63, 3.8) is 0 Å². The third-order valence-electron chi connectivity index (χ3n) is 0.457. The van der Waals surface area contributed by atoms with E-state index in [1.54, 1.807) is 0 Å². The number of thioether (sulfide) groups is 1. The largest absolute Gasteiger partial charge is 0.151 e. The standard InChI is InChI=1S/C3H7IS2/c1-3(5-2)6-4/h3H,1-2H3. The predicted molar refractivity (Wildman–Crippen MR) is 44.6 cm³/mol. The third kappa shape index (κ3) is 3.61. The number of hydrogen-bond donors (Lipinski definition) is 0. The molecule has 0 aromatic heterocycles. The second-order valence-electron chi connectivity index (χ2n) is 0.892. The van der Waals surface area contributed by atoms with Crippen LogP contribution in [0.4, 0.5) is 0 Å². The molecule has 38 valence electrons. The van der Waals surface area contributed by atoms with Crippen LogP contribution < -0.4 is 0 Å². The summed E-state index contributed by atoms with van der Waals surface area (Å²) in [6.45, 7) is 2.20. The molecule has 0 spiro atoms. The van der Waals surface area contributed by atoms with Crippen molar-refractivity contribution in [3.8, 4) is 0 Å². The molecule has 0 aliphatic rings. The molecular weight excluding hydrogens is 227 g/mol. The molecule has 0 aromatic rings. The summed E-state index contributed by atoms with van der Waals surface area (Å²) < 4.78 is 0.755. The van der Waals surface area contributed by atoms with E-state index in [1.165, 1.54) is 0 Å². The van der Waals surface area contributed by atoms with Crippen molar-refractivity contribution in [2.24, 2.45) is 0 Å². The van der Waals surface area contributed by atoms with Gasteiger partial charge >= 0.3 is 0 Å². The minimum atomic E-state index is 0.755. The van der Waals surface area contributed by atoms with Crippen LogP contribution in [0, 0.1) is 0 Å². The molecule has 0 fully saturated rings. The highest BCUT2D eigenvalue weighted by atomic mass is 127. The smallest absolute Gasteiger partial charge is 0.0571 e. The van der Waals surface area contributed by atoms with Crippen LogP contribution in [0.3, 0.4) is 0 Å². The average molecular weight is 234 g/mol. The molecule has 0 N–H and O–H groups in total. The molecule has 0 aliphatic heterocycles. The Kier molecular flexibility index (Phi) is 5.68. The predicted octanol–water partition coefficient (Wildman–Crippen LogP) is 2.78. The first kappa shape index (κ1) is 7.43. The van der Waals surface area contributed by atoms with Gasteiger partial charge in [-0.15, -0.1) is 0 Å². The molecule has 1 unspecified atom stereocenters. The molecule has 3 heteroatoms. The molecule has 0 aliphatic carbocycles. The number of hydrogen-bond acceptors (Lipinski definition) is 2. The van der Waals surface area contributed by atoms with E-state index in [2.05, 4.69) is 34.4 Å². The van der Waals surface area contributed by atoms with E-state index < -0.39 is 0 Å². The van der Waals surface area contributed by atoms with E-state index in [1.807, 2.05) is 20.7 Å². The summed E-state index contributed by atoms with van der Waals surface area (Å²) in [5, 5.41) is 0. The molecule has 0 rings (SSSR count). The first-order chi connectivity index (χ1) is 2.81. The minimum absolute atomic E-state index is 0.755. The van der Waals surface area contributed by atoms with Gasteiger partial charge in [0.25, 0.3) is 0 Å². The molecule has 0 aromatic carbocycles. The quantitative estimate of drug-likeness (QED) is 0.532.